The Morgan fingerprint density at radius 1 is 1.25 bits per heavy atom. The van der Waals surface area contributed by atoms with Crippen LogP contribution in [0.4, 0.5) is 5.82 Å². The monoisotopic (exact) mass is 274 g/mol. The Balaban J connectivity index is 1.97. The number of nitrogens with zero attached hydrogens (tertiary/aromatic N) is 5. The first-order valence-corrected chi connectivity index (χ1v) is 6.78. The number of nitrogens with one attached hydrogen (secondary N) is 1. The van der Waals surface area contributed by atoms with Crippen molar-refractivity contribution in [3.8, 4) is 0 Å². The average Bonchev–Trinajstić information content (AvgIpc) is 2.82. The highest BCUT2D eigenvalue weighted by Crippen LogP contribution is 2.10. The molecule has 0 spiro atoms. The third kappa shape index (κ3) is 3.77. The van der Waals surface area contributed by atoms with Gasteiger partial charge in [0, 0.05) is 39.1 Å². The van der Waals surface area contributed by atoms with Gasteiger partial charge in [0.15, 0.2) is 0 Å². The van der Waals surface area contributed by atoms with Gasteiger partial charge in [-0.25, -0.2) is 9.97 Å². The van der Waals surface area contributed by atoms with E-state index < -0.39 is 0 Å². The van der Waals surface area contributed by atoms with Gasteiger partial charge in [0.05, 0.1) is 24.6 Å². The number of aromatic nitrogens is 4. The van der Waals surface area contributed by atoms with Crippen molar-refractivity contribution < 1.29 is 0 Å². The van der Waals surface area contributed by atoms with E-state index >= 15 is 0 Å². The van der Waals surface area contributed by atoms with Gasteiger partial charge < -0.3 is 14.8 Å². The molecule has 0 aliphatic rings. The van der Waals surface area contributed by atoms with Crippen molar-refractivity contribution in [1.29, 1.82) is 0 Å². The lowest BCUT2D eigenvalue weighted by atomic mass is 10.3. The fraction of sp³-hybridized carbons (Fsp3) is 0.500. The van der Waals surface area contributed by atoms with Gasteiger partial charge >= 0.3 is 0 Å². The van der Waals surface area contributed by atoms with Crippen LogP contribution in [0.25, 0.3) is 0 Å². The lowest BCUT2D eigenvalue weighted by Crippen LogP contribution is -2.23. The third-order valence-electron chi connectivity index (χ3n) is 3.07. The summed E-state index contributed by atoms with van der Waals surface area (Å²) >= 11 is 0. The first-order valence-electron chi connectivity index (χ1n) is 6.78. The lowest BCUT2D eigenvalue weighted by Gasteiger charge is -2.17. The van der Waals surface area contributed by atoms with Crippen molar-refractivity contribution in [3.05, 3.63) is 36.3 Å². The van der Waals surface area contributed by atoms with E-state index in [1.165, 1.54) is 0 Å². The number of aryl methyl sites for hydroxylation is 1. The predicted molar refractivity (Wildman–Crippen MR) is 79.3 cm³/mol. The maximum absolute atomic E-state index is 4.45. The minimum atomic E-state index is 0.447. The van der Waals surface area contributed by atoms with Gasteiger partial charge in [-0.2, -0.15) is 0 Å². The maximum Gasteiger partial charge on any atom is 0.147 e. The molecule has 2 rings (SSSR count). The molecular weight excluding hydrogens is 252 g/mol. The molecule has 0 saturated heterocycles. The molecule has 2 heterocycles. The van der Waals surface area contributed by atoms with E-state index in [-0.39, 0.29) is 0 Å². The second kappa shape index (κ2) is 6.47. The SMILES string of the molecule is CC(C)NCc1cnc(N(C)Cc2nccn2C)cn1. The van der Waals surface area contributed by atoms with Crippen LogP contribution in [-0.2, 0) is 20.1 Å². The standard InChI is InChI=1S/C14H22N6/c1-11(2)16-7-12-8-18-13(9-17-12)20(4)10-14-15-5-6-19(14)3/h5-6,8-9,11,16H,7,10H2,1-4H3. The Morgan fingerprint density at radius 3 is 2.60 bits per heavy atom. The summed E-state index contributed by atoms with van der Waals surface area (Å²) in [4.78, 5) is 15.2. The molecule has 0 aliphatic heterocycles. The first-order chi connectivity index (χ1) is 9.56. The molecule has 0 saturated carbocycles. The Kier molecular flexibility index (Phi) is 4.68. The molecule has 1 N–H and O–H groups in total. The van der Waals surface area contributed by atoms with E-state index in [4.69, 9.17) is 0 Å². The van der Waals surface area contributed by atoms with E-state index in [0.717, 1.165) is 23.9 Å². The smallest absolute Gasteiger partial charge is 0.147 e. The van der Waals surface area contributed by atoms with Crippen LogP contribution in [0.5, 0.6) is 0 Å². The van der Waals surface area contributed by atoms with Gasteiger partial charge in [-0.3, -0.25) is 4.98 Å². The molecule has 0 radical (unpaired) electrons. The Hall–Kier alpha value is -1.95. The van der Waals surface area contributed by atoms with Crippen LogP contribution in [0.3, 0.4) is 0 Å². The molecule has 0 unspecified atom stereocenters. The van der Waals surface area contributed by atoms with Gasteiger partial charge in [-0.05, 0) is 0 Å². The van der Waals surface area contributed by atoms with Crippen molar-refractivity contribution in [2.45, 2.75) is 33.0 Å². The third-order valence-corrected chi connectivity index (χ3v) is 3.07. The Morgan fingerprint density at radius 2 is 2.05 bits per heavy atom. The van der Waals surface area contributed by atoms with E-state index in [2.05, 4.69) is 34.1 Å². The van der Waals surface area contributed by atoms with Crippen molar-refractivity contribution in [2.75, 3.05) is 11.9 Å². The van der Waals surface area contributed by atoms with Crippen LogP contribution in [0.15, 0.2) is 24.8 Å². The zero-order chi connectivity index (χ0) is 14.5. The zero-order valence-corrected chi connectivity index (χ0v) is 12.5. The topological polar surface area (TPSA) is 58.9 Å². The molecule has 0 amide bonds. The minimum absolute atomic E-state index is 0.447. The van der Waals surface area contributed by atoms with Gasteiger partial charge in [0.25, 0.3) is 0 Å². The van der Waals surface area contributed by atoms with Crippen molar-refractivity contribution >= 4 is 5.82 Å². The predicted octanol–water partition coefficient (Wildman–Crippen LogP) is 1.34. The van der Waals surface area contributed by atoms with Crippen molar-refractivity contribution in [3.63, 3.8) is 0 Å². The number of rotatable bonds is 6. The van der Waals surface area contributed by atoms with E-state index in [9.17, 15) is 0 Å². The highest BCUT2D eigenvalue weighted by Gasteiger charge is 2.07. The van der Waals surface area contributed by atoms with Crippen molar-refractivity contribution in [2.24, 2.45) is 7.05 Å². The molecule has 2 aromatic heterocycles. The zero-order valence-electron chi connectivity index (χ0n) is 12.5. The average molecular weight is 274 g/mol. The van der Waals surface area contributed by atoms with E-state index in [1.807, 2.05) is 36.0 Å². The molecule has 0 atom stereocenters. The number of hydrogen-bond acceptors (Lipinski definition) is 5. The number of imidazole rings is 1. The summed E-state index contributed by atoms with van der Waals surface area (Å²) in [6, 6.07) is 0.447. The van der Waals surface area contributed by atoms with Crippen LogP contribution in [-0.4, -0.2) is 32.6 Å². The summed E-state index contributed by atoms with van der Waals surface area (Å²) in [6.45, 7) is 5.68. The van der Waals surface area contributed by atoms with Gasteiger partial charge in [0.1, 0.15) is 11.6 Å². The minimum Gasteiger partial charge on any atom is -0.351 e. The van der Waals surface area contributed by atoms with Gasteiger partial charge in [-0.1, -0.05) is 13.8 Å². The molecule has 2 aromatic rings. The fourth-order valence-corrected chi connectivity index (χ4v) is 1.79. The molecule has 0 aliphatic carbocycles. The second-order valence-electron chi connectivity index (χ2n) is 5.21. The molecule has 0 fully saturated rings. The highest BCUT2D eigenvalue weighted by molar-refractivity contribution is 5.34. The summed E-state index contributed by atoms with van der Waals surface area (Å²) in [7, 11) is 3.98. The molecule has 20 heavy (non-hydrogen) atoms. The second-order valence-corrected chi connectivity index (χ2v) is 5.21. The summed E-state index contributed by atoms with van der Waals surface area (Å²) in [6.07, 6.45) is 7.37. The Labute approximate surface area is 119 Å². The van der Waals surface area contributed by atoms with E-state index in [0.29, 0.717) is 12.6 Å². The van der Waals surface area contributed by atoms with Crippen LogP contribution in [0, 0.1) is 0 Å². The fourth-order valence-electron chi connectivity index (χ4n) is 1.79. The highest BCUT2D eigenvalue weighted by atomic mass is 15.2. The van der Waals surface area contributed by atoms with Crippen molar-refractivity contribution in [1.82, 2.24) is 24.8 Å². The van der Waals surface area contributed by atoms with Crippen LogP contribution in [0.2, 0.25) is 0 Å². The summed E-state index contributed by atoms with van der Waals surface area (Å²) in [5, 5.41) is 3.32. The van der Waals surface area contributed by atoms with Gasteiger partial charge in [-0.15, -0.1) is 0 Å². The number of anilines is 1. The van der Waals surface area contributed by atoms with E-state index in [1.54, 1.807) is 12.4 Å². The quantitative estimate of drug-likeness (QED) is 0.861. The van der Waals surface area contributed by atoms with Gasteiger partial charge in [0.2, 0.25) is 0 Å². The Bertz CT molecular complexity index is 531. The largest absolute Gasteiger partial charge is 0.351 e. The first kappa shape index (κ1) is 14.5. The lowest BCUT2D eigenvalue weighted by molar-refractivity contribution is 0.580. The molecular formula is C14H22N6. The molecule has 6 nitrogen and oxygen atoms in total. The maximum atomic E-state index is 4.45. The number of hydrogen-bond donors (Lipinski definition) is 1. The molecule has 6 heteroatoms. The van der Waals surface area contributed by atoms with Crippen LogP contribution >= 0.6 is 0 Å². The molecule has 0 aromatic carbocycles. The summed E-state index contributed by atoms with van der Waals surface area (Å²) < 4.78 is 2.00. The molecule has 0 bridgehead atoms. The summed E-state index contributed by atoms with van der Waals surface area (Å²) in [5.74, 6) is 1.85. The van der Waals surface area contributed by atoms with Crippen LogP contribution in [0.1, 0.15) is 25.4 Å². The molecule has 108 valence electrons. The normalized spacial score (nSPS) is 11.1. The van der Waals surface area contributed by atoms with Crippen LogP contribution < -0.4 is 10.2 Å². The summed E-state index contributed by atoms with van der Waals surface area (Å²) in [5.41, 5.74) is 0.952.